The van der Waals surface area contributed by atoms with Gasteiger partial charge in [0.15, 0.2) is 0 Å². The van der Waals surface area contributed by atoms with E-state index in [0.29, 0.717) is 0 Å². The minimum absolute atomic E-state index is 0.719. The highest BCUT2D eigenvalue weighted by molar-refractivity contribution is 5.86. The average Bonchev–Trinajstić information content (AvgIpc) is 2.99. The van der Waals surface area contributed by atoms with Gasteiger partial charge < -0.3 is 9.72 Å². The highest BCUT2D eigenvalue weighted by Gasteiger charge is 2.25. The van der Waals surface area contributed by atoms with Crippen molar-refractivity contribution in [1.29, 1.82) is 0 Å². The summed E-state index contributed by atoms with van der Waals surface area (Å²) in [6.45, 7) is 2.74. The van der Waals surface area contributed by atoms with Crippen molar-refractivity contribution >= 4 is 10.9 Å². The van der Waals surface area contributed by atoms with E-state index in [9.17, 15) is 0 Å². The highest BCUT2D eigenvalue weighted by atomic mass is 16.5. The quantitative estimate of drug-likeness (QED) is 0.808. The van der Waals surface area contributed by atoms with Crippen molar-refractivity contribution in [3.8, 4) is 5.75 Å². The van der Waals surface area contributed by atoms with Crippen molar-refractivity contribution in [2.75, 3.05) is 6.61 Å². The van der Waals surface area contributed by atoms with Crippen LogP contribution in [0.1, 0.15) is 31.4 Å². The summed E-state index contributed by atoms with van der Waals surface area (Å²) >= 11 is 0. The van der Waals surface area contributed by atoms with Crippen LogP contribution in [0.5, 0.6) is 5.75 Å². The predicted molar refractivity (Wildman–Crippen MR) is 61.4 cm³/mol. The fraction of sp³-hybridized carbons (Fsp3) is 0.385. The van der Waals surface area contributed by atoms with E-state index in [1.165, 1.54) is 23.9 Å². The fourth-order valence-corrected chi connectivity index (χ4v) is 2.04. The molecule has 0 amide bonds. The Morgan fingerprint density at radius 3 is 3.00 bits per heavy atom. The minimum atomic E-state index is 0.719. The van der Waals surface area contributed by atoms with Gasteiger partial charge in [-0.15, -0.1) is 0 Å². The van der Waals surface area contributed by atoms with Crippen LogP contribution in [-0.2, 0) is 0 Å². The second-order valence-corrected chi connectivity index (χ2v) is 4.15. The Morgan fingerprint density at radius 2 is 2.27 bits per heavy atom. The summed E-state index contributed by atoms with van der Waals surface area (Å²) in [5, 5.41) is 1.27. The number of hydrogen-bond acceptors (Lipinski definition) is 1. The topological polar surface area (TPSA) is 25.0 Å². The molecule has 1 fully saturated rings. The lowest BCUT2D eigenvalue weighted by Crippen LogP contribution is -1.91. The molecule has 78 valence electrons. The normalized spacial score (nSPS) is 15.8. The summed E-state index contributed by atoms with van der Waals surface area (Å²) in [7, 11) is 0. The maximum absolute atomic E-state index is 5.60. The van der Waals surface area contributed by atoms with Gasteiger partial charge in [-0.2, -0.15) is 0 Å². The first-order valence-electron chi connectivity index (χ1n) is 5.63. The van der Waals surface area contributed by atoms with Crippen molar-refractivity contribution in [3.05, 3.63) is 30.0 Å². The molecule has 1 heterocycles. The van der Waals surface area contributed by atoms with Gasteiger partial charge in [0.25, 0.3) is 0 Å². The van der Waals surface area contributed by atoms with Crippen LogP contribution in [0.25, 0.3) is 10.9 Å². The van der Waals surface area contributed by atoms with E-state index in [4.69, 9.17) is 4.74 Å². The summed E-state index contributed by atoms with van der Waals surface area (Å²) in [5.41, 5.74) is 2.53. The molecule has 0 radical (unpaired) electrons. The Kier molecular flexibility index (Phi) is 1.94. The molecule has 0 unspecified atom stereocenters. The molecule has 1 N–H and O–H groups in total. The van der Waals surface area contributed by atoms with Crippen molar-refractivity contribution in [1.82, 2.24) is 4.98 Å². The summed E-state index contributed by atoms with van der Waals surface area (Å²) in [6, 6.07) is 8.48. The zero-order valence-electron chi connectivity index (χ0n) is 8.92. The van der Waals surface area contributed by atoms with Crippen LogP contribution < -0.4 is 4.74 Å². The molecule has 0 bridgehead atoms. The molecule has 0 aliphatic heterocycles. The number of para-hydroxylation sites is 1. The lowest BCUT2D eigenvalue weighted by Gasteiger charge is -2.03. The number of rotatable bonds is 3. The summed E-state index contributed by atoms with van der Waals surface area (Å²) in [5.74, 6) is 1.74. The van der Waals surface area contributed by atoms with Crippen molar-refractivity contribution in [2.45, 2.75) is 25.7 Å². The van der Waals surface area contributed by atoms with E-state index in [1.54, 1.807) is 0 Å². The van der Waals surface area contributed by atoms with Gasteiger partial charge in [-0.1, -0.05) is 12.1 Å². The van der Waals surface area contributed by atoms with E-state index in [1.807, 2.05) is 13.0 Å². The largest absolute Gasteiger partial charge is 0.492 e. The monoisotopic (exact) mass is 201 g/mol. The van der Waals surface area contributed by atoms with Crippen LogP contribution in [0.2, 0.25) is 0 Å². The SMILES string of the molecule is CCOc1cccc2cc(C3CC3)[nH]c12. The molecule has 2 aromatic rings. The zero-order valence-corrected chi connectivity index (χ0v) is 8.92. The van der Waals surface area contributed by atoms with E-state index in [-0.39, 0.29) is 0 Å². The molecule has 1 aromatic heterocycles. The van der Waals surface area contributed by atoms with E-state index in [0.717, 1.165) is 23.8 Å². The average molecular weight is 201 g/mol. The number of nitrogens with one attached hydrogen (secondary N) is 1. The third-order valence-corrected chi connectivity index (χ3v) is 2.96. The molecule has 2 heteroatoms. The Hall–Kier alpha value is -1.44. The van der Waals surface area contributed by atoms with Gasteiger partial charge in [-0.05, 0) is 37.8 Å². The number of benzene rings is 1. The Balaban J connectivity index is 2.11. The number of fused-ring (bicyclic) bond motifs is 1. The molecule has 2 nitrogen and oxygen atoms in total. The second-order valence-electron chi connectivity index (χ2n) is 4.15. The van der Waals surface area contributed by atoms with Crippen LogP contribution >= 0.6 is 0 Å². The van der Waals surface area contributed by atoms with Gasteiger partial charge in [0.1, 0.15) is 5.75 Å². The van der Waals surface area contributed by atoms with Gasteiger partial charge in [0, 0.05) is 11.1 Å². The first-order valence-corrected chi connectivity index (χ1v) is 5.63. The minimum Gasteiger partial charge on any atom is -0.492 e. The first kappa shape index (κ1) is 8.84. The van der Waals surface area contributed by atoms with E-state index >= 15 is 0 Å². The van der Waals surface area contributed by atoms with Crippen LogP contribution in [0.3, 0.4) is 0 Å². The van der Waals surface area contributed by atoms with Crippen LogP contribution in [0.4, 0.5) is 0 Å². The fourth-order valence-electron chi connectivity index (χ4n) is 2.04. The first-order chi connectivity index (χ1) is 7.38. The lowest BCUT2D eigenvalue weighted by atomic mass is 10.2. The molecule has 15 heavy (non-hydrogen) atoms. The lowest BCUT2D eigenvalue weighted by molar-refractivity contribution is 0.343. The maximum atomic E-state index is 5.60. The number of aromatic amines is 1. The Bertz CT molecular complexity index is 482. The van der Waals surface area contributed by atoms with Crippen molar-refractivity contribution in [3.63, 3.8) is 0 Å². The summed E-state index contributed by atoms with van der Waals surface area (Å²) in [6.07, 6.45) is 2.66. The molecule has 1 aromatic carbocycles. The van der Waals surface area contributed by atoms with Crippen molar-refractivity contribution < 1.29 is 4.74 Å². The van der Waals surface area contributed by atoms with E-state index < -0.39 is 0 Å². The van der Waals surface area contributed by atoms with Crippen LogP contribution in [0, 0.1) is 0 Å². The van der Waals surface area contributed by atoms with E-state index in [2.05, 4.69) is 23.2 Å². The van der Waals surface area contributed by atoms with Gasteiger partial charge in [-0.25, -0.2) is 0 Å². The van der Waals surface area contributed by atoms with Gasteiger partial charge in [0.05, 0.1) is 12.1 Å². The predicted octanol–water partition coefficient (Wildman–Crippen LogP) is 3.44. The van der Waals surface area contributed by atoms with Gasteiger partial charge >= 0.3 is 0 Å². The molecular formula is C13H15NO. The Labute approximate surface area is 89.3 Å². The number of hydrogen-bond donors (Lipinski definition) is 1. The molecule has 1 saturated carbocycles. The van der Waals surface area contributed by atoms with Crippen molar-refractivity contribution in [2.24, 2.45) is 0 Å². The molecule has 0 spiro atoms. The number of H-pyrrole nitrogens is 1. The van der Waals surface area contributed by atoms with Crippen LogP contribution in [0.15, 0.2) is 24.3 Å². The number of ether oxygens (including phenoxy) is 1. The standard InChI is InChI=1S/C13H15NO/c1-2-15-12-5-3-4-10-8-11(9-6-7-9)14-13(10)12/h3-5,8-9,14H,2,6-7H2,1H3. The van der Waals surface area contributed by atoms with Crippen LogP contribution in [-0.4, -0.2) is 11.6 Å². The molecule has 0 saturated heterocycles. The summed E-state index contributed by atoms with van der Waals surface area (Å²) in [4.78, 5) is 3.49. The molecule has 1 aliphatic carbocycles. The molecule has 1 aliphatic rings. The smallest absolute Gasteiger partial charge is 0.143 e. The molecule has 0 atom stereocenters. The summed E-state index contributed by atoms with van der Waals surface area (Å²) < 4.78 is 5.60. The van der Waals surface area contributed by atoms with Gasteiger partial charge in [0.2, 0.25) is 0 Å². The highest BCUT2D eigenvalue weighted by Crippen LogP contribution is 2.41. The molecular weight excluding hydrogens is 186 g/mol. The zero-order chi connectivity index (χ0) is 10.3. The maximum Gasteiger partial charge on any atom is 0.143 e. The number of aromatic nitrogens is 1. The molecule has 3 rings (SSSR count). The Morgan fingerprint density at radius 1 is 1.40 bits per heavy atom. The second kappa shape index (κ2) is 3.30. The third kappa shape index (κ3) is 1.50. The third-order valence-electron chi connectivity index (χ3n) is 2.96. The van der Waals surface area contributed by atoms with Gasteiger partial charge in [-0.3, -0.25) is 0 Å².